The maximum absolute atomic E-state index is 11.3. The molecule has 0 saturated heterocycles. The second kappa shape index (κ2) is 7.76. The first-order valence-corrected chi connectivity index (χ1v) is 7.89. The number of nitrogens with zero attached hydrogens (tertiary/aromatic N) is 3. The fraction of sp³-hybridized carbons (Fsp3) is 0.471. The second-order valence-corrected chi connectivity index (χ2v) is 5.63. The van der Waals surface area contributed by atoms with Crippen molar-refractivity contribution in [3.8, 4) is 5.75 Å². The van der Waals surface area contributed by atoms with Crippen molar-refractivity contribution < 1.29 is 14.6 Å². The lowest BCUT2D eigenvalue weighted by Crippen LogP contribution is -2.12. The number of hydrogen-bond donors (Lipinski definition) is 1. The van der Waals surface area contributed by atoms with Gasteiger partial charge in [0, 0.05) is 6.54 Å². The van der Waals surface area contributed by atoms with Gasteiger partial charge in [-0.25, -0.2) is 9.48 Å². The molecular formula is C17H23N3O3. The Labute approximate surface area is 136 Å². The molecule has 6 nitrogen and oxygen atoms in total. The van der Waals surface area contributed by atoms with Gasteiger partial charge in [0.1, 0.15) is 18.1 Å². The van der Waals surface area contributed by atoms with E-state index in [0.717, 1.165) is 36.1 Å². The summed E-state index contributed by atoms with van der Waals surface area (Å²) < 4.78 is 7.53. The second-order valence-electron chi connectivity index (χ2n) is 5.63. The number of unbranched alkanes of at least 4 members (excludes halogenated alkanes) is 2. The first kappa shape index (κ1) is 17.0. The van der Waals surface area contributed by atoms with E-state index in [0.29, 0.717) is 12.2 Å². The molecule has 124 valence electrons. The number of carboxylic acids is 1. The summed E-state index contributed by atoms with van der Waals surface area (Å²) in [7, 11) is 0. The van der Waals surface area contributed by atoms with Crippen molar-refractivity contribution >= 4 is 5.97 Å². The number of para-hydroxylation sites is 1. The molecule has 0 radical (unpaired) electrons. The van der Waals surface area contributed by atoms with Crippen LogP contribution in [0.2, 0.25) is 0 Å². The van der Waals surface area contributed by atoms with Gasteiger partial charge in [-0.1, -0.05) is 43.2 Å². The van der Waals surface area contributed by atoms with Crippen LogP contribution in [0.1, 0.15) is 53.5 Å². The number of aromatic carboxylic acids is 1. The quantitative estimate of drug-likeness (QED) is 0.755. The maximum Gasteiger partial charge on any atom is 0.358 e. The van der Waals surface area contributed by atoms with Gasteiger partial charge in [-0.05, 0) is 31.4 Å². The number of carbonyl (C=O) groups is 1. The SMILES string of the molecule is CCCCCn1nnc(C(=O)O)c1COc1c(C)cccc1C. The summed E-state index contributed by atoms with van der Waals surface area (Å²) in [6.45, 7) is 6.86. The zero-order valence-corrected chi connectivity index (χ0v) is 13.9. The van der Waals surface area contributed by atoms with E-state index in [9.17, 15) is 9.90 Å². The predicted octanol–water partition coefficient (Wildman–Crippen LogP) is 3.36. The van der Waals surface area contributed by atoms with Gasteiger partial charge in [0.25, 0.3) is 0 Å². The molecule has 1 aromatic carbocycles. The van der Waals surface area contributed by atoms with Crippen molar-refractivity contribution in [3.63, 3.8) is 0 Å². The van der Waals surface area contributed by atoms with E-state index >= 15 is 0 Å². The Morgan fingerprint density at radius 1 is 1.26 bits per heavy atom. The largest absolute Gasteiger partial charge is 0.487 e. The standard InChI is InChI=1S/C17H23N3O3/c1-4-5-6-10-20-14(15(17(21)22)18-19-20)11-23-16-12(2)8-7-9-13(16)3/h7-9H,4-6,10-11H2,1-3H3,(H,21,22). The maximum atomic E-state index is 11.3. The smallest absolute Gasteiger partial charge is 0.358 e. The van der Waals surface area contributed by atoms with Gasteiger partial charge in [-0.15, -0.1) is 5.10 Å². The Hall–Kier alpha value is -2.37. The van der Waals surface area contributed by atoms with E-state index in [2.05, 4.69) is 17.2 Å². The van der Waals surface area contributed by atoms with Gasteiger partial charge >= 0.3 is 5.97 Å². The molecule has 23 heavy (non-hydrogen) atoms. The molecule has 0 fully saturated rings. The Morgan fingerprint density at radius 2 is 1.96 bits per heavy atom. The third kappa shape index (κ3) is 4.09. The molecule has 0 atom stereocenters. The van der Waals surface area contributed by atoms with Crippen LogP contribution >= 0.6 is 0 Å². The molecule has 1 heterocycles. The van der Waals surface area contributed by atoms with Crippen LogP contribution in [0.15, 0.2) is 18.2 Å². The Kier molecular flexibility index (Phi) is 5.73. The van der Waals surface area contributed by atoms with E-state index in [4.69, 9.17) is 4.74 Å². The van der Waals surface area contributed by atoms with Crippen molar-refractivity contribution in [2.45, 2.75) is 53.2 Å². The molecule has 0 unspecified atom stereocenters. The van der Waals surface area contributed by atoms with Crippen molar-refractivity contribution in [1.82, 2.24) is 15.0 Å². The Bertz CT molecular complexity index is 659. The minimum atomic E-state index is -1.08. The van der Waals surface area contributed by atoms with Crippen LogP contribution < -0.4 is 4.74 Å². The minimum absolute atomic E-state index is 0.0345. The van der Waals surface area contributed by atoms with Crippen molar-refractivity contribution in [2.24, 2.45) is 0 Å². The molecule has 0 aliphatic rings. The summed E-state index contributed by atoms with van der Waals surface area (Å²) >= 11 is 0. The summed E-state index contributed by atoms with van der Waals surface area (Å²) in [4.78, 5) is 11.3. The Morgan fingerprint density at radius 3 is 2.57 bits per heavy atom. The van der Waals surface area contributed by atoms with Gasteiger partial charge in [-0.2, -0.15) is 0 Å². The summed E-state index contributed by atoms with van der Waals surface area (Å²) in [5.41, 5.74) is 2.52. The Balaban J connectivity index is 2.19. The van der Waals surface area contributed by atoms with Crippen LogP contribution in [0, 0.1) is 13.8 Å². The van der Waals surface area contributed by atoms with Crippen LogP contribution in [0.3, 0.4) is 0 Å². The molecule has 2 aromatic rings. The number of ether oxygens (including phenoxy) is 1. The molecule has 0 bridgehead atoms. The third-order valence-electron chi connectivity index (χ3n) is 3.78. The molecule has 1 aromatic heterocycles. The number of carboxylic acid groups (broad SMARTS) is 1. The fourth-order valence-corrected chi connectivity index (χ4v) is 2.50. The van der Waals surface area contributed by atoms with Gasteiger partial charge in [0.2, 0.25) is 0 Å². The molecule has 0 spiro atoms. The van der Waals surface area contributed by atoms with Crippen molar-refractivity contribution in [2.75, 3.05) is 0 Å². The average Bonchev–Trinajstić information content (AvgIpc) is 2.90. The van der Waals surface area contributed by atoms with E-state index in [1.807, 2.05) is 32.0 Å². The van der Waals surface area contributed by atoms with Gasteiger partial charge in [0.15, 0.2) is 5.69 Å². The molecule has 0 amide bonds. The lowest BCUT2D eigenvalue weighted by molar-refractivity contribution is 0.0687. The molecule has 0 saturated carbocycles. The van der Waals surface area contributed by atoms with Crippen LogP contribution in [0.5, 0.6) is 5.75 Å². The zero-order chi connectivity index (χ0) is 16.8. The van der Waals surface area contributed by atoms with E-state index in [-0.39, 0.29) is 12.3 Å². The molecule has 1 N–H and O–H groups in total. The summed E-state index contributed by atoms with van der Waals surface area (Å²) in [6, 6.07) is 5.91. The molecule has 0 aliphatic heterocycles. The molecule has 0 aliphatic carbocycles. The first-order valence-electron chi connectivity index (χ1n) is 7.89. The first-order chi connectivity index (χ1) is 11.0. The average molecular weight is 317 g/mol. The number of rotatable bonds is 8. The van der Waals surface area contributed by atoms with Crippen molar-refractivity contribution in [3.05, 3.63) is 40.7 Å². The highest BCUT2D eigenvalue weighted by molar-refractivity contribution is 5.86. The predicted molar refractivity (Wildman–Crippen MR) is 86.8 cm³/mol. The van der Waals surface area contributed by atoms with Gasteiger partial charge in [0.05, 0.1) is 0 Å². The monoisotopic (exact) mass is 317 g/mol. The van der Waals surface area contributed by atoms with E-state index < -0.39 is 5.97 Å². The summed E-state index contributed by atoms with van der Waals surface area (Å²) in [5, 5.41) is 17.0. The molecular weight excluding hydrogens is 294 g/mol. The van der Waals surface area contributed by atoms with E-state index in [1.54, 1.807) is 4.68 Å². The topological polar surface area (TPSA) is 77.2 Å². The zero-order valence-electron chi connectivity index (χ0n) is 13.9. The molecule has 6 heteroatoms. The van der Waals surface area contributed by atoms with Gasteiger partial charge < -0.3 is 9.84 Å². The van der Waals surface area contributed by atoms with Gasteiger partial charge in [-0.3, -0.25) is 0 Å². The number of benzene rings is 1. The van der Waals surface area contributed by atoms with Crippen LogP contribution in [0.4, 0.5) is 0 Å². The number of aromatic nitrogens is 3. The lowest BCUT2D eigenvalue weighted by atomic mass is 10.1. The van der Waals surface area contributed by atoms with E-state index in [1.165, 1.54) is 0 Å². The number of hydrogen-bond acceptors (Lipinski definition) is 4. The molecule has 2 rings (SSSR count). The number of aryl methyl sites for hydroxylation is 3. The summed E-state index contributed by atoms with van der Waals surface area (Å²) in [6.07, 6.45) is 3.10. The minimum Gasteiger partial charge on any atom is -0.487 e. The summed E-state index contributed by atoms with van der Waals surface area (Å²) in [5.74, 6) is -0.294. The fourth-order valence-electron chi connectivity index (χ4n) is 2.50. The van der Waals surface area contributed by atoms with Crippen LogP contribution in [0.25, 0.3) is 0 Å². The normalized spacial score (nSPS) is 10.7. The van der Waals surface area contributed by atoms with Crippen LogP contribution in [-0.4, -0.2) is 26.1 Å². The highest BCUT2D eigenvalue weighted by Gasteiger charge is 2.20. The highest BCUT2D eigenvalue weighted by Crippen LogP contribution is 2.24. The van der Waals surface area contributed by atoms with Crippen LogP contribution in [-0.2, 0) is 13.2 Å². The highest BCUT2D eigenvalue weighted by atomic mass is 16.5. The van der Waals surface area contributed by atoms with Crippen molar-refractivity contribution in [1.29, 1.82) is 0 Å². The third-order valence-corrected chi connectivity index (χ3v) is 3.78. The lowest BCUT2D eigenvalue weighted by Gasteiger charge is -2.13.